The molecule has 5 nitrogen and oxygen atoms in total. The van der Waals surface area contributed by atoms with Crippen LogP contribution in [0.2, 0.25) is 0 Å². The number of aromatic nitrogens is 3. The van der Waals surface area contributed by atoms with Crippen molar-refractivity contribution in [1.82, 2.24) is 20.3 Å². The molecule has 0 spiro atoms. The predicted molar refractivity (Wildman–Crippen MR) is 97.0 cm³/mol. The maximum atomic E-state index is 5.48. The number of H-pyrrole nitrogens is 1. The molecule has 1 fully saturated rings. The van der Waals surface area contributed by atoms with Crippen molar-refractivity contribution in [2.75, 3.05) is 6.54 Å². The molecule has 25 heavy (non-hydrogen) atoms. The fourth-order valence-electron chi connectivity index (χ4n) is 3.79. The Morgan fingerprint density at radius 2 is 2.16 bits per heavy atom. The Kier molecular flexibility index (Phi) is 4.40. The van der Waals surface area contributed by atoms with Crippen LogP contribution in [-0.2, 0) is 6.54 Å². The number of hydrogen-bond acceptors (Lipinski definition) is 4. The third-order valence-corrected chi connectivity index (χ3v) is 4.98. The molecule has 0 amide bonds. The molecule has 1 N–H and O–H groups in total. The highest BCUT2D eigenvalue weighted by molar-refractivity contribution is 5.60. The summed E-state index contributed by atoms with van der Waals surface area (Å²) >= 11 is 0. The van der Waals surface area contributed by atoms with Crippen LogP contribution in [0.4, 0.5) is 0 Å². The molecule has 1 aliphatic rings. The zero-order chi connectivity index (χ0) is 17.2. The number of aromatic amines is 1. The van der Waals surface area contributed by atoms with Crippen molar-refractivity contribution in [1.29, 1.82) is 0 Å². The Hall–Kier alpha value is -2.40. The Morgan fingerprint density at radius 1 is 1.24 bits per heavy atom. The number of nitrogens with zero attached hydrogens (tertiary/aromatic N) is 3. The van der Waals surface area contributed by atoms with Crippen LogP contribution in [0.1, 0.15) is 47.8 Å². The van der Waals surface area contributed by atoms with Gasteiger partial charge in [-0.3, -0.25) is 10.00 Å². The first-order valence-corrected chi connectivity index (χ1v) is 8.97. The molecule has 0 saturated carbocycles. The monoisotopic (exact) mass is 336 g/mol. The Balaban J connectivity index is 1.63. The second-order valence-electron chi connectivity index (χ2n) is 7.00. The molecule has 0 unspecified atom stereocenters. The number of rotatable bonds is 4. The molecule has 1 aromatic carbocycles. The van der Waals surface area contributed by atoms with Gasteiger partial charge in [0.05, 0.1) is 29.2 Å². The van der Waals surface area contributed by atoms with E-state index in [9.17, 15) is 0 Å². The van der Waals surface area contributed by atoms with Gasteiger partial charge in [0.25, 0.3) is 0 Å². The molecular weight excluding hydrogens is 312 g/mol. The third-order valence-electron chi connectivity index (χ3n) is 4.98. The Labute approximate surface area is 148 Å². The molecule has 3 heterocycles. The first kappa shape index (κ1) is 16.1. The fourth-order valence-corrected chi connectivity index (χ4v) is 3.79. The van der Waals surface area contributed by atoms with Gasteiger partial charge in [0.15, 0.2) is 5.76 Å². The van der Waals surface area contributed by atoms with Gasteiger partial charge in [0.2, 0.25) is 0 Å². The predicted octanol–water partition coefficient (Wildman–Crippen LogP) is 4.41. The van der Waals surface area contributed by atoms with Gasteiger partial charge < -0.3 is 4.52 Å². The molecule has 4 rings (SSSR count). The van der Waals surface area contributed by atoms with Crippen LogP contribution in [0.25, 0.3) is 11.3 Å². The molecule has 1 aliphatic heterocycles. The number of aryl methyl sites for hydroxylation is 2. The molecule has 1 atom stereocenters. The maximum Gasteiger partial charge on any atom is 0.170 e. The van der Waals surface area contributed by atoms with E-state index in [2.05, 4.69) is 51.4 Å². The largest absolute Gasteiger partial charge is 0.356 e. The van der Waals surface area contributed by atoms with Gasteiger partial charge in [-0.25, -0.2) is 0 Å². The summed E-state index contributed by atoms with van der Waals surface area (Å²) in [5, 5.41) is 11.6. The van der Waals surface area contributed by atoms with E-state index in [4.69, 9.17) is 4.52 Å². The number of nitrogens with one attached hydrogen (secondary N) is 1. The molecule has 0 aliphatic carbocycles. The first-order valence-electron chi connectivity index (χ1n) is 8.97. The number of hydrogen-bond donors (Lipinski definition) is 1. The number of likely N-dealkylation sites (tertiary alicyclic amines) is 1. The molecule has 130 valence electrons. The molecule has 3 aromatic rings. The number of benzene rings is 1. The molecular formula is C20H24N4O. The lowest BCUT2D eigenvalue weighted by Gasteiger charge is -2.35. The highest BCUT2D eigenvalue weighted by Gasteiger charge is 2.28. The molecule has 0 radical (unpaired) electrons. The van der Waals surface area contributed by atoms with E-state index in [0.29, 0.717) is 6.04 Å². The summed E-state index contributed by atoms with van der Waals surface area (Å²) in [6.07, 6.45) is 5.47. The first-order chi connectivity index (χ1) is 12.2. The highest BCUT2D eigenvalue weighted by atomic mass is 16.5. The van der Waals surface area contributed by atoms with Crippen LogP contribution in [-0.4, -0.2) is 26.8 Å². The van der Waals surface area contributed by atoms with Gasteiger partial charge in [-0.05, 0) is 38.8 Å². The minimum absolute atomic E-state index is 0.331. The summed E-state index contributed by atoms with van der Waals surface area (Å²) in [6.45, 7) is 6.15. The lowest BCUT2D eigenvalue weighted by molar-refractivity contribution is 0.137. The average molecular weight is 336 g/mol. The SMILES string of the molecule is Cc1cccc(CN2CCCC[C@H]2c2[nH]ncc2-c2cc(C)no2)c1. The second kappa shape index (κ2) is 6.84. The van der Waals surface area contributed by atoms with Crippen molar-refractivity contribution in [2.24, 2.45) is 0 Å². The summed E-state index contributed by atoms with van der Waals surface area (Å²) in [5.41, 5.74) is 5.74. The maximum absolute atomic E-state index is 5.48. The van der Waals surface area contributed by atoms with Crippen molar-refractivity contribution in [3.8, 4) is 11.3 Å². The van der Waals surface area contributed by atoms with Crippen molar-refractivity contribution in [2.45, 2.75) is 45.7 Å². The van der Waals surface area contributed by atoms with E-state index < -0.39 is 0 Å². The van der Waals surface area contributed by atoms with Crippen LogP contribution >= 0.6 is 0 Å². The van der Waals surface area contributed by atoms with Crippen LogP contribution in [0.3, 0.4) is 0 Å². The highest BCUT2D eigenvalue weighted by Crippen LogP contribution is 2.36. The van der Waals surface area contributed by atoms with Crippen molar-refractivity contribution in [3.63, 3.8) is 0 Å². The molecule has 2 aromatic heterocycles. The Morgan fingerprint density at radius 3 is 2.96 bits per heavy atom. The van der Waals surface area contributed by atoms with Crippen LogP contribution in [0.15, 0.2) is 41.1 Å². The van der Waals surface area contributed by atoms with Gasteiger partial charge in [0, 0.05) is 12.6 Å². The van der Waals surface area contributed by atoms with Crippen molar-refractivity contribution >= 4 is 0 Å². The van der Waals surface area contributed by atoms with Crippen LogP contribution < -0.4 is 0 Å². The van der Waals surface area contributed by atoms with E-state index in [0.717, 1.165) is 42.2 Å². The quantitative estimate of drug-likeness (QED) is 0.767. The van der Waals surface area contributed by atoms with E-state index in [1.165, 1.54) is 24.0 Å². The third kappa shape index (κ3) is 3.37. The summed E-state index contributed by atoms with van der Waals surface area (Å²) in [4.78, 5) is 2.55. The van der Waals surface area contributed by atoms with E-state index in [1.807, 2.05) is 19.2 Å². The minimum atomic E-state index is 0.331. The van der Waals surface area contributed by atoms with Gasteiger partial charge in [0.1, 0.15) is 0 Å². The van der Waals surface area contributed by atoms with Crippen LogP contribution in [0, 0.1) is 13.8 Å². The smallest absolute Gasteiger partial charge is 0.170 e. The summed E-state index contributed by atoms with van der Waals surface area (Å²) in [7, 11) is 0. The lowest BCUT2D eigenvalue weighted by atomic mass is 9.95. The zero-order valence-electron chi connectivity index (χ0n) is 14.8. The van der Waals surface area contributed by atoms with E-state index in [-0.39, 0.29) is 0 Å². The van der Waals surface area contributed by atoms with Gasteiger partial charge in [-0.2, -0.15) is 5.10 Å². The molecule has 0 bridgehead atoms. The van der Waals surface area contributed by atoms with Gasteiger partial charge >= 0.3 is 0 Å². The fraction of sp³-hybridized carbons (Fsp3) is 0.400. The normalized spacial score (nSPS) is 18.6. The summed E-state index contributed by atoms with van der Waals surface area (Å²) in [5.74, 6) is 0.794. The van der Waals surface area contributed by atoms with Gasteiger partial charge in [-0.15, -0.1) is 0 Å². The van der Waals surface area contributed by atoms with E-state index >= 15 is 0 Å². The van der Waals surface area contributed by atoms with Crippen molar-refractivity contribution in [3.05, 3.63) is 59.0 Å². The molecule has 5 heteroatoms. The van der Waals surface area contributed by atoms with Gasteiger partial charge in [-0.1, -0.05) is 41.4 Å². The minimum Gasteiger partial charge on any atom is -0.356 e. The summed E-state index contributed by atoms with van der Waals surface area (Å²) < 4.78 is 5.48. The van der Waals surface area contributed by atoms with E-state index in [1.54, 1.807) is 0 Å². The number of piperidine rings is 1. The second-order valence-corrected chi connectivity index (χ2v) is 7.00. The standard InChI is InChI=1S/C20H24N4O/c1-14-6-5-7-16(10-14)13-24-9-4-3-8-18(24)20-17(12-21-22-20)19-11-15(2)23-25-19/h5-7,10-12,18H,3-4,8-9,13H2,1-2H3,(H,21,22)/t18-/m0/s1. The van der Waals surface area contributed by atoms with Crippen molar-refractivity contribution < 1.29 is 4.52 Å². The van der Waals surface area contributed by atoms with Crippen LogP contribution in [0.5, 0.6) is 0 Å². The topological polar surface area (TPSA) is 58.0 Å². The molecule has 1 saturated heterocycles. The average Bonchev–Trinajstić information content (AvgIpc) is 3.24. The lowest BCUT2D eigenvalue weighted by Crippen LogP contribution is -2.33. The Bertz CT molecular complexity index is 851. The zero-order valence-corrected chi connectivity index (χ0v) is 14.8. The summed E-state index contributed by atoms with van der Waals surface area (Å²) in [6, 6.07) is 11.1.